The molecule has 1 saturated heterocycles. The molecule has 0 amide bonds. The van der Waals surface area contributed by atoms with E-state index in [1.165, 1.54) is 23.5 Å². The second-order valence-corrected chi connectivity index (χ2v) is 7.46. The number of hydrogen-bond donors (Lipinski definition) is 1. The minimum Gasteiger partial charge on any atom is -0.316 e. The Labute approximate surface area is 134 Å². The first-order valence-corrected chi connectivity index (χ1v) is 8.41. The number of nitro benzene ring substituents is 1. The van der Waals surface area contributed by atoms with Crippen LogP contribution in [0.4, 0.5) is 5.69 Å². The molecule has 1 aromatic heterocycles. The minimum atomic E-state index is -1.13. The van der Waals surface area contributed by atoms with E-state index in [2.05, 4.69) is 10.3 Å². The molecule has 1 aromatic carbocycles. The van der Waals surface area contributed by atoms with Crippen molar-refractivity contribution in [2.45, 2.75) is 10.8 Å². The number of halogens is 1. The first-order chi connectivity index (χ1) is 9.63. The summed E-state index contributed by atoms with van der Waals surface area (Å²) in [6.07, 6.45) is 1.04. The summed E-state index contributed by atoms with van der Waals surface area (Å²) in [6, 6.07) is 4.56. The van der Waals surface area contributed by atoms with E-state index in [1.807, 2.05) is 0 Å². The maximum Gasteiger partial charge on any atom is 0.271 e. The Kier molecular flexibility index (Phi) is 5.26. The summed E-state index contributed by atoms with van der Waals surface area (Å²) in [5.41, 5.74) is 0.567. The number of non-ortho nitro benzene ring substituents is 1. The number of aromatic nitrogens is 1. The number of benzene rings is 1. The molecule has 2 atom stereocenters. The van der Waals surface area contributed by atoms with Crippen molar-refractivity contribution in [3.05, 3.63) is 28.3 Å². The van der Waals surface area contributed by atoms with Gasteiger partial charge in [0.15, 0.2) is 4.34 Å². The number of rotatable bonds is 4. The fraction of sp³-hybridized carbons (Fsp3) is 0.417. The lowest BCUT2D eigenvalue weighted by Gasteiger charge is -2.04. The van der Waals surface area contributed by atoms with Gasteiger partial charge in [-0.15, -0.1) is 23.7 Å². The van der Waals surface area contributed by atoms with Gasteiger partial charge in [0.1, 0.15) is 0 Å². The van der Waals surface area contributed by atoms with E-state index < -0.39 is 15.7 Å². The van der Waals surface area contributed by atoms with Crippen molar-refractivity contribution in [2.75, 3.05) is 18.8 Å². The maximum atomic E-state index is 12.3. The molecule has 1 aliphatic rings. The van der Waals surface area contributed by atoms with Crippen molar-refractivity contribution in [1.29, 1.82) is 0 Å². The molecule has 6 nitrogen and oxygen atoms in total. The summed E-state index contributed by atoms with van der Waals surface area (Å²) < 4.78 is 13.7. The average molecular weight is 348 g/mol. The Morgan fingerprint density at radius 1 is 1.52 bits per heavy atom. The molecule has 1 aliphatic heterocycles. The second-order valence-electron chi connectivity index (χ2n) is 4.76. The molecule has 1 N–H and O–H groups in total. The Bertz CT molecular complexity index is 685. The van der Waals surface area contributed by atoms with Gasteiger partial charge in [-0.3, -0.25) is 14.3 Å². The highest BCUT2D eigenvalue weighted by molar-refractivity contribution is 7.87. The van der Waals surface area contributed by atoms with Crippen LogP contribution in [0.15, 0.2) is 22.5 Å². The maximum absolute atomic E-state index is 12.3. The van der Waals surface area contributed by atoms with Crippen LogP contribution in [0.3, 0.4) is 0 Å². The van der Waals surface area contributed by atoms with E-state index in [-0.39, 0.29) is 18.1 Å². The zero-order valence-electron chi connectivity index (χ0n) is 11.0. The molecule has 2 unspecified atom stereocenters. The number of nitrogens with zero attached hydrogens (tertiary/aromatic N) is 2. The zero-order chi connectivity index (χ0) is 14.1. The molecular formula is C12H14ClN3O3S2. The molecule has 21 heavy (non-hydrogen) atoms. The van der Waals surface area contributed by atoms with Crippen LogP contribution in [-0.2, 0) is 10.8 Å². The summed E-state index contributed by atoms with van der Waals surface area (Å²) in [5, 5.41) is 14.0. The third kappa shape index (κ3) is 3.57. The second kappa shape index (κ2) is 6.78. The summed E-state index contributed by atoms with van der Waals surface area (Å²) in [6.45, 7) is 1.88. The Morgan fingerprint density at radius 3 is 3.00 bits per heavy atom. The number of thiazole rings is 1. The molecule has 2 aromatic rings. The molecule has 1 fully saturated rings. The topological polar surface area (TPSA) is 85.1 Å². The van der Waals surface area contributed by atoms with Gasteiger partial charge in [-0.05, 0) is 31.5 Å². The van der Waals surface area contributed by atoms with Crippen LogP contribution in [0.5, 0.6) is 0 Å². The lowest BCUT2D eigenvalue weighted by molar-refractivity contribution is -0.384. The molecule has 0 aliphatic carbocycles. The van der Waals surface area contributed by atoms with Gasteiger partial charge >= 0.3 is 0 Å². The summed E-state index contributed by atoms with van der Waals surface area (Å²) in [5.74, 6) is 1.03. The number of hydrogen-bond acceptors (Lipinski definition) is 6. The van der Waals surface area contributed by atoms with E-state index in [9.17, 15) is 14.3 Å². The Hall–Kier alpha value is -1.09. The lowest BCUT2D eigenvalue weighted by Crippen LogP contribution is -2.14. The molecule has 0 bridgehead atoms. The zero-order valence-corrected chi connectivity index (χ0v) is 13.4. The van der Waals surface area contributed by atoms with Crippen molar-refractivity contribution in [2.24, 2.45) is 5.92 Å². The smallest absolute Gasteiger partial charge is 0.271 e. The van der Waals surface area contributed by atoms with Crippen molar-refractivity contribution >= 4 is 50.4 Å². The monoisotopic (exact) mass is 347 g/mol. The predicted molar refractivity (Wildman–Crippen MR) is 85.8 cm³/mol. The van der Waals surface area contributed by atoms with E-state index in [0.717, 1.165) is 24.2 Å². The van der Waals surface area contributed by atoms with Gasteiger partial charge in [0.25, 0.3) is 5.69 Å². The molecular weight excluding hydrogens is 334 g/mol. The first-order valence-electron chi connectivity index (χ1n) is 6.27. The largest absolute Gasteiger partial charge is 0.316 e. The quantitative estimate of drug-likeness (QED) is 0.677. The van der Waals surface area contributed by atoms with Crippen LogP contribution in [0.25, 0.3) is 10.2 Å². The van der Waals surface area contributed by atoms with E-state index in [1.54, 1.807) is 6.07 Å². The Balaban J connectivity index is 0.00000161. The normalized spacial score (nSPS) is 19.3. The molecule has 9 heteroatoms. The highest BCUT2D eigenvalue weighted by Crippen LogP contribution is 2.28. The molecule has 3 rings (SSSR count). The van der Waals surface area contributed by atoms with Crippen molar-refractivity contribution < 1.29 is 9.13 Å². The standard InChI is InChI=1S/C12H13N3O3S2.ClH/c16-15(17)9-1-2-11-10(5-9)14-12(19-11)20(18)7-8-3-4-13-6-8;/h1-2,5,8,13H,3-4,6-7H2;1H. The number of nitro groups is 1. The SMILES string of the molecule is Cl.O=[N+]([O-])c1ccc2sc(S(=O)CC3CCNC3)nc2c1. The number of fused-ring (bicyclic) bond motifs is 1. The first kappa shape index (κ1) is 16.3. The average Bonchev–Trinajstić information content (AvgIpc) is 3.05. The lowest BCUT2D eigenvalue weighted by atomic mass is 10.2. The minimum absolute atomic E-state index is 0. The Morgan fingerprint density at radius 2 is 2.33 bits per heavy atom. The van der Waals surface area contributed by atoms with E-state index in [0.29, 0.717) is 21.5 Å². The van der Waals surface area contributed by atoms with Crippen LogP contribution >= 0.6 is 23.7 Å². The number of nitrogens with one attached hydrogen (secondary N) is 1. The summed E-state index contributed by atoms with van der Waals surface area (Å²) in [7, 11) is -1.13. The van der Waals surface area contributed by atoms with Gasteiger partial charge in [0.2, 0.25) is 0 Å². The fourth-order valence-corrected chi connectivity index (χ4v) is 4.83. The van der Waals surface area contributed by atoms with E-state index in [4.69, 9.17) is 0 Å². The fourth-order valence-electron chi connectivity index (χ4n) is 2.25. The highest BCUT2D eigenvalue weighted by atomic mass is 35.5. The van der Waals surface area contributed by atoms with Crippen LogP contribution in [0.1, 0.15) is 6.42 Å². The van der Waals surface area contributed by atoms with Crippen molar-refractivity contribution in [3.8, 4) is 0 Å². The predicted octanol–water partition coefficient (Wildman–Crippen LogP) is 2.34. The molecule has 114 valence electrons. The third-order valence-electron chi connectivity index (χ3n) is 3.31. The van der Waals surface area contributed by atoms with Gasteiger partial charge in [0.05, 0.1) is 25.9 Å². The molecule has 0 spiro atoms. The van der Waals surface area contributed by atoms with Crippen LogP contribution in [0.2, 0.25) is 0 Å². The summed E-state index contributed by atoms with van der Waals surface area (Å²) >= 11 is 1.35. The third-order valence-corrected chi connectivity index (χ3v) is 6.20. The molecule has 0 saturated carbocycles. The van der Waals surface area contributed by atoms with Gasteiger partial charge in [-0.25, -0.2) is 4.98 Å². The van der Waals surface area contributed by atoms with Gasteiger partial charge in [0, 0.05) is 17.9 Å². The van der Waals surface area contributed by atoms with Gasteiger partial charge < -0.3 is 5.32 Å². The molecule has 0 radical (unpaired) electrons. The van der Waals surface area contributed by atoms with E-state index >= 15 is 0 Å². The summed E-state index contributed by atoms with van der Waals surface area (Å²) in [4.78, 5) is 14.6. The van der Waals surface area contributed by atoms with Crippen molar-refractivity contribution in [3.63, 3.8) is 0 Å². The van der Waals surface area contributed by atoms with Crippen LogP contribution < -0.4 is 5.32 Å². The molecule has 2 heterocycles. The van der Waals surface area contributed by atoms with Crippen molar-refractivity contribution in [1.82, 2.24) is 10.3 Å². The van der Waals surface area contributed by atoms with Crippen LogP contribution in [0, 0.1) is 16.0 Å². The van der Waals surface area contributed by atoms with Crippen LogP contribution in [-0.4, -0.2) is 33.0 Å². The van der Waals surface area contributed by atoms with Gasteiger partial charge in [-0.2, -0.15) is 0 Å². The van der Waals surface area contributed by atoms with Gasteiger partial charge in [-0.1, -0.05) is 0 Å². The highest BCUT2D eigenvalue weighted by Gasteiger charge is 2.20.